The van der Waals surface area contributed by atoms with E-state index in [2.05, 4.69) is 10.1 Å². The number of pyridine rings is 1. The van der Waals surface area contributed by atoms with E-state index < -0.39 is 21.5 Å². The second kappa shape index (κ2) is 10.4. The van der Waals surface area contributed by atoms with E-state index in [1.807, 2.05) is 36.4 Å². The lowest BCUT2D eigenvalue weighted by Crippen LogP contribution is -2.16. The predicted molar refractivity (Wildman–Crippen MR) is 156 cm³/mol. The number of aryl methyl sites for hydroxylation is 1. The number of para-hydroxylation sites is 1. The van der Waals surface area contributed by atoms with E-state index in [-0.39, 0.29) is 33.2 Å². The molecular weight excluding hydrogens is 562 g/mol. The second-order valence-corrected chi connectivity index (χ2v) is 11.9. The first-order valence-corrected chi connectivity index (χ1v) is 14.6. The highest BCUT2D eigenvalue weighted by atomic mass is 32.2. The van der Waals surface area contributed by atoms with Crippen LogP contribution in [-0.4, -0.2) is 33.5 Å². The number of aromatic amines is 1. The summed E-state index contributed by atoms with van der Waals surface area (Å²) in [6.07, 6.45) is 3.22. The Morgan fingerprint density at radius 2 is 1.69 bits per heavy atom. The van der Waals surface area contributed by atoms with Crippen LogP contribution in [0.15, 0.2) is 101 Å². The molecule has 0 aliphatic carbocycles. The number of rotatable bonds is 7. The van der Waals surface area contributed by atoms with Gasteiger partial charge in [0.25, 0.3) is 5.56 Å². The summed E-state index contributed by atoms with van der Waals surface area (Å²) in [7, 11) is -2.06. The van der Waals surface area contributed by atoms with Crippen molar-refractivity contribution in [3.8, 4) is 39.7 Å². The number of benzene rings is 3. The largest absolute Gasteiger partial charge is 0.454 e. The van der Waals surface area contributed by atoms with E-state index in [0.29, 0.717) is 34.0 Å². The van der Waals surface area contributed by atoms with Gasteiger partial charge in [-0.25, -0.2) is 21.9 Å². The van der Waals surface area contributed by atoms with E-state index in [1.165, 1.54) is 29.7 Å². The third-order valence-electron chi connectivity index (χ3n) is 6.98. The molecule has 0 aliphatic heterocycles. The van der Waals surface area contributed by atoms with E-state index in [0.717, 1.165) is 17.8 Å². The second-order valence-electron chi connectivity index (χ2n) is 9.63. The Morgan fingerprint density at radius 3 is 2.43 bits per heavy atom. The van der Waals surface area contributed by atoms with Crippen molar-refractivity contribution in [2.75, 3.05) is 5.75 Å². The quantitative estimate of drug-likeness (QED) is 0.238. The summed E-state index contributed by atoms with van der Waals surface area (Å²) < 4.78 is 62.8. The minimum absolute atomic E-state index is 0.0341. The molecule has 6 rings (SSSR count). The zero-order valence-corrected chi connectivity index (χ0v) is 23.3. The summed E-state index contributed by atoms with van der Waals surface area (Å²) in [5, 5.41) is 4.93. The van der Waals surface area contributed by atoms with Crippen molar-refractivity contribution in [2.45, 2.75) is 11.8 Å². The number of halogens is 2. The number of hydrogen-bond acceptors (Lipinski definition) is 5. The molecule has 0 aliphatic rings. The van der Waals surface area contributed by atoms with Gasteiger partial charge in [0.05, 0.1) is 33.9 Å². The molecule has 6 aromatic rings. The number of hydrogen-bond donors (Lipinski definition) is 1. The fourth-order valence-electron chi connectivity index (χ4n) is 4.81. The standard InChI is InChI=1S/C31H24F2N4O4S/c1-3-42(39,40)21-10-12-28(41-29-11-9-19(32)15-25(29)33)22(16-21)24-18-36(2)31(38)30-23(24)17-26(35-30)27-13-14-34-37(27)20-7-5-4-6-8-20/h4-18,35H,3H2,1-2H3. The van der Waals surface area contributed by atoms with Crippen LogP contribution in [0.4, 0.5) is 8.78 Å². The number of H-pyrrole nitrogens is 1. The van der Waals surface area contributed by atoms with Gasteiger partial charge in [0.1, 0.15) is 17.1 Å². The van der Waals surface area contributed by atoms with Crippen molar-refractivity contribution in [1.29, 1.82) is 0 Å². The Bertz CT molecular complexity index is 2130. The summed E-state index contributed by atoms with van der Waals surface area (Å²) in [4.78, 5) is 16.5. The zero-order valence-electron chi connectivity index (χ0n) is 22.5. The van der Waals surface area contributed by atoms with Crippen LogP contribution in [-0.2, 0) is 16.9 Å². The summed E-state index contributed by atoms with van der Waals surface area (Å²) in [6.45, 7) is 1.53. The van der Waals surface area contributed by atoms with Gasteiger partial charge in [0, 0.05) is 35.8 Å². The van der Waals surface area contributed by atoms with Crippen LogP contribution < -0.4 is 10.3 Å². The van der Waals surface area contributed by atoms with Gasteiger partial charge in [0.15, 0.2) is 21.4 Å². The topological polar surface area (TPSA) is 99.0 Å². The Labute approximate surface area is 239 Å². The first-order chi connectivity index (χ1) is 20.2. The maximum Gasteiger partial charge on any atom is 0.274 e. The maximum absolute atomic E-state index is 14.6. The van der Waals surface area contributed by atoms with Gasteiger partial charge in [-0.2, -0.15) is 5.10 Å². The summed E-state index contributed by atoms with van der Waals surface area (Å²) in [5.41, 5.74) is 2.84. The molecule has 1 N–H and O–H groups in total. The molecule has 3 aromatic carbocycles. The molecule has 0 amide bonds. The highest BCUT2D eigenvalue weighted by molar-refractivity contribution is 7.91. The average molecular weight is 587 g/mol. The number of nitrogens with zero attached hydrogens (tertiary/aromatic N) is 3. The van der Waals surface area contributed by atoms with Gasteiger partial charge in [0.2, 0.25) is 0 Å². The lowest BCUT2D eigenvalue weighted by molar-refractivity contribution is 0.438. The van der Waals surface area contributed by atoms with Gasteiger partial charge in [-0.3, -0.25) is 4.79 Å². The highest BCUT2D eigenvalue weighted by Gasteiger charge is 2.22. The predicted octanol–water partition coefficient (Wildman–Crippen LogP) is 6.25. The molecule has 3 aromatic heterocycles. The van der Waals surface area contributed by atoms with Gasteiger partial charge in [-0.15, -0.1) is 0 Å². The molecule has 0 spiro atoms. The third-order valence-corrected chi connectivity index (χ3v) is 8.71. The van der Waals surface area contributed by atoms with Crippen molar-refractivity contribution in [2.24, 2.45) is 7.05 Å². The number of nitrogens with one attached hydrogen (secondary N) is 1. The molecule has 212 valence electrons. The lowest BCUT2D eigenvalue weighted by Gasteiger charge is -2.15. The zero-order chi connectivity index (χ0) is 29.6. The van der Waals surface area contributed by atoms with E-state index in [9.17, 15) is 22.0 Å². The third kappa shape index (κ3) is 4.77. The summed E-state index contributed by atoms with van der Waals surface area (Å²) >= 11 is 0. The Hall–Kier alpha value is -5.03. The van der Waals surface area contributed by atoms with Crippen LogP contribution in [0.2, 0.25) is 0 Å². The van der Waals surface area contributed by atoms with Gasteiger partial charge in [-0.05, 0) is 54.6 Å². The van der Waals surface area contributed by atoms with Crippen molar-refractivity contribution < 1.29 is 21.9 Å². The fraction of sp³-hybridized carbons (Fsp3) is 0.0968. The molecule has 8 nitrogen and oxygen atoms in total. The molecule has 0 bridgehead atoms. The molecule has 0 fully saturated rings. The van der Waals surface area contributed by atoms with Crippen molar-refractivity contribution in [3.05, 3.63) is 113 Å². The van der Waals surface area contributed by atoms with Crippen LogP contribution in [0, 0.1) is 11.6 Å². The number of aromatic nitrogens is 4. The van der Waals surface area contributed by atoms with Crippen LogP contribution in [0.5, 0.6) is 11.5 Å². The summed E-state index contributed by atoms with van der Waals surface area (Å²) in [6, 6.07) is 20.2. The molecule has 11 heteroatoms. The van der Waals surface area contributed by atoms with Crippen molar-refractivity contribution in [1.82, 2.24) is 19.3 Å². The van der Waals surface area contributed by atoms with Crippen LogP contribution in [0.3, 0.4) is 0 Å². The van der Waals surface area contributed by atoms with E-state index >= 15 is 0 Å². The van der Waals surface area contributed by atoms with E-state index in [1.54, 1.807) is 30.2 Å². The first kappa shape index (κ1) is 27.2. The molecule has 0 unspecified atom stereocenters. The Kier molecular flexibility index (Phi) is 6.74. The summed E-state index contributed by atoms with van der Waals surface area (Å²) in [5.74, 6) is -1.95. The minimum atomic E-state index is -3.64. The Balaban J connectivity index is 1.59. The van der Waals surface area contributed by atoms with Crippen LogP contribution in [0.1, 0.15) is 6.92 Å². The normalized spacial score (nSPS) is 11.7. The van der Waals surface area contributed by atoms with Crippen LogP contribution in [0.25, 0.3) is 39.1 Å². The first-order valence-electron chi connectivity index (χ1n) is 13.0. The molecule has 0 saturated carbocycles. The number of fused-ring (bicyclic) bond motifs is 1. The SMILES string of the molecule is CCS(=O)(=O)c1ccc(Oc2ccc(F)cc2F)c(-c2cn(C)c(=O)c3[nH]c(-c4ccnn4-c4ccccc4)cc23)c1. The maximum atomic E-state index is 14.6. The minimum Gasteiger partial charge on any atom is -0.454 e. The number of sulfone groups is 1. The smallest absolute Gasteiger partial charge is 0.274 e. The highest BCUT2D eigenvalue weighted by Crippen LogP contribution is 2.40. The van der Waals surface area contributed by atoms with Gasteiger partial charge >= 0.3 is 0 Å². The Morgan fingerprint density at radius 1 is 0.929 bits per heavy atom. The molecule has 42 heavy (non-hydrogen) atoms. The van der Waals surface area contributed by atoms with Crippen molar-refractivity contribution >= 4 is 20.7 Å². The molecular formula is C31H24F2N4O4S. The fourth-order valence-corrected chi connectivity index (χ4v) is 5.72. The molecule has 0 atom stereocenters. The van der Waals surface area contributed by atoms with E-state index in [4.69, 9.17) is 4.74 Å². The van der Waals surface area contributed by atoms with Gasteiger partial charge in [-0.1, -0.05) is 25.1 Å². The van der Waals surface area contributed by atoms with Gasteiger partial charge < -0.3 is 14.3 Å². The van der Waals surface area contributed by atoms with Crippen molar-refractivity contribution in [3.63, 3.8) is 0 Å². The molecule has 0 radical (unpaired) electrons. The average Bonchev–Trinajstić information content (AvgIpc) is 3.65. The molecule has 3 heterocycles. The molecule has 0 saturated heterocycles. The monoisotopic (exact) mass is 586 g/mol. The number of ether oxygens (including phenoxy) is 1. The lowest BCUT2D eigenvalue weighted by atomic mass is 10.0. The van der Waals surface area contributed by atoms with Crippen LogP contribution >= 0.6 is 0 Å².